The molecule has 2 N–H and O–H groups in total. The number of carbonyl (C=O) groups is 1. The lowest BCUT2D eigenvalue weighted by atomic mass is 10.1. The zero-order chi connectivity index (χ0) is 18.5. The fraction of sp³-hybridized carbons (Fsp3) is 0.350. The van der Waals surface area contributed by atoms with Crippen LogP contribution >= 0.6 is 11.6 Å². The summed E-state index contributed by atoms with van der Waals surface area (Å²) in [5.41, 5.74) is 1.77. The van der Waals surface area contributed by atoms with E-state index >= 15 is 0 Å². The molecule has 5 nitrogen and oxygen atoms in total. The van der Waals surface area contributed by atoms with Crippen molar-refractivity contribution >= 4 is 23.2 Å². The van der Waals surface area contributed by atoms with E-state index in [2.05, 4.69) is 15.1 Å². The summed E-state index contributed by atoms with van der Waals surface area (Å²) < 4.78 is 0. The van der Waals surface area contributed by atoms with Crippen LogP contribution in [0, 0.1) is 0 Å². The van der Waals surface area contributed by atoms with Crippen LogP contribution in [0.1, 0.15) is 12.5 Å². The van der Waals surface area contributed by atoms with Gasteiger partial charge in [0.1, 0.15) is 5.75 Å². The molecule has 0 saturated carbocycles. The van der Waals surface area contributed by atoms with Gasteiger partial charge < -0.3 is 15.3 Å². The molecule has 26 heavy (non-hydrogen) atoms. The first-order valence-corrected chi connectivity index (χ1v) is 9.22. The van der Waals surface area contributed by atoms with E-state index in [1.54, 1.807) is 6.07 Å². The summed E-state index contributed by atoms with van der Waals surface area (Å²) in [6.45, 7) is 5.46. The minimum Gasteiger partial charge on any atom is -0.506 e. The monoisotopic (exact) mass is 373 g/mol. The van der Waals surface area contributed by atoms with E-state index in [0.29, 0.717) is 17.3 Å². The smallest absolute Gasteiger partial charge is 0.237 e. The molecular formula is C20H24ClN3O2. The lowest BCUT2D eigenvalue weighted by Crippen LogP contribution is -2.53. The van der Waals surface area contributed by atoms with Crippen LogP contribution in [0.4, 0.5) is 5.69 Å². The maximum atomic E-state index is 12.5. The predicted octanol–water partition coefficient (Wildman–Crippen LogP) is 2.87. The lowest BCUT2D eigenvalue weighted by Gasteiger charge is -2.38. The van der Waals surface area contributed by atoms with Crippen molar-refractivity contribution in [3.63, 3.8) is 0 Å². The molecule has 1 amide bonds. The number of benzene rings is 2. The Bertz CT molecular complexity index is 760. The van der Waals surface area contributed by atoms with Gasteiger partial charge in [0.05, 0.1) is 11.7 Å². The standard InChI is InChI=1S/C20H24ClN3O2/c1-15(20(26)22-14-16-6-2-3-7-17(16)21)23-10-12-24(13-11-23)18-8-4-5-9-19(18)25/h2-9,15,25H,10-14H2,1H3,(H,22,26)/t15-/m0/s1. The molecule has 2 aromatic carbocycles. The number of nitrogens with one attached hydrogen (secondary N) is 1. The molecule has 1 heterocycles. The molecule has 0 spiro atoms. The Labute approximate surface area is 159 Å². The first kappa shape index (κ1) is 18.5. The van der Waals surface area contributed by atoms with E-state index < -0.39 is 0 Å². The van der Waals surface area contributed by atoms with Crippen molar-refractivity contribution in [2.45, 2.75) is 19.5 Å². The van der Waals surface area contributed by atoms with Crippen LogP contribution in [0.5, 0.6) is 5.75 Å². The summed E-state index contributed by atoms with van der Waals surface area (Å²) in [4.78, 5) is 16.8. The number of nitrogens with zero attached hydrogens (tertiary/aromatic N) is 2. The maximum absolute atomic E-state index is 12.5. The Kier molecular flexibility index (Phi) is 6.01. The molecule has 0 bridgehead atoms. The van der Waals surface area contributed by atoms with Gasteiger partial charge in [-0.05, 0) is 30.7 Å². The molecule has 0 radical (unpaired) electrons. The summed E-state index contributed by atoms with van der Waals surface area (Å²) in [5.74, 6) is 0.299. The average Bonchev–Trinajstić information content (AvgIpc) is 2.67. The molecule has 0 aliphatic carbocycles. The van der Waals surface area contributed by atoms with Crippen molar-refractivity contribution in [2.24, 2.45) is 0 Å². The van der Waals surface area contributed by atoms with Gasteiger partial charge in [-0.25, -0.2) is 0 Å². The lowest BCUT2D eigenvalue weighted by molar-refractivity contribution is -0.126. The number of aromatic hydroxyl groups is 1. The number of piperazine rings is 1. The van der Waals surface area contributed by atoms with Crippen molar-refractivity contribution in [1.82, 2.24) is 10.2 Å². The highest BCUT2D eigenvalue weighted by molar-refractivity contribution is 6.31. The van der Waals surface area contributed by atoms with Gasteiger partial charge in [0.15, 0.2) is 0 Å². The second-order valence-electron chi connectivity index (χ2n) is 6.50. The number of hydrogen-bond acceptors (Lipinski definition) is 4. The topological polar surface area (TPSA) is 55.8 Å². The van der Waals surface area contributed by atoms with E-state index in [-0.39, 0.29) is 11.9 Å². The van der Waals surface area contributed by atoms with Crippen molar-refractivity contribution in [1.29, 1.82) is 0 Å². The highest BCUT2D eigenvalue weighted by Crippen LogP contribution is 2.27. The molecule has 3 rings (SSSR count). The van der Waals surface area contributed by atoms with Crippen LogP contribution in [0.3, 0.4) is 0 Å². The van der Waals surface area contributed by atoms with E-state index in [0.717, 1.165) is 37.4 Å². The normalized spacial score (nSPS) is 16.3. The van der Waals surface area contributed by atoms with Gasteiger partial charge in [-0.15, -0.1) is 0 Å². The van der Waals surface area contributed by atoms with Crippen molar-refractivity contribution in [3.8, 4) is 5.75 Å². The molecule has 0 unspecified atom stereocenters. The molecule has 2 aromatic rings. The fourth-order valence-corrected chi connectivity index (χ4v) is 3.42. The molecular weight excluding hydrogens is 350 g/mol. The molecule has 1 aliphatic heterocycles. The van der Waals surface area contributed by atoms with Crippen LogP contribution < -0.4 is 10.2 Å². The number of phenols is 1. The average molecular weight is 374 g/mol. The predicted molar refractivity (Wildman–Crippen MR) is 105 cm³/mol. The van der Waals surface area contributed by atoms with E-state index in [4.69, 9.17) is 11.6 Å². The number of phenolic OH excluding ortho intramolecular Hbond substituents is 1. The van der Waals surface area contributed by atoms with Crippen LogP contribution in [-0.4, -0.2) is 48.1 Å². The summed E-state index contributed by atoms with van der Waals surface area (Å²) in [6, 6.07) is 14.7. The third-order valence-electron chi connectivity index (χ3n) is 4.87. The SMILES string of the molecule is C[C@@H](C(=O)NCc1ccccc1Cl)N1CCN(c2ccccc2O)CC1. The van der Waals surface area contributed by atoms with Gasteiger partial charge in [0.25, 0.3) is 0 Å². The molecule has 1 saturated heterocycles. The van der Waals surface area contributed by atoms with Crippen LogP contribution in [-0.2, 0) is 11.3 Å². The molecule has 1 fully saturated rings. The molecule has 0 aromatic heterocycles. The molecule has 1 aliphatic rings. The third kappa shape index (κ3) is 4.29. The van der Waals surface area contributed by atoms with Crippen molar-refractivity contribution < 1.29 is 9.90 Å². The highest BCUT2D eigenvalue weighted by atomic mass is 35.5. The Morgan fingerprint density at radius 3 is 2.46 bits per heavy atom. The summed E-state index contributed by atoms with van der Waals surface area (Å²) in [6.07, 6.45) is 0. The zero-order valence-corrected chi connectivity index (χ0v) is 15.6. The minimum absolute atomic E-state index is 0.000859. The maximum Gasteiger partial charge on any atom is 0.237 e. The Balaban J connectivity index is 1.51. The second kappa shape index (κ2) is 8.43. The van der Waals surface area contributed by atoms with Gasteiger partial charge in [-0.3, -0.25) is 9.69 Å². The van der Waals surface area contributed by atoms with Gasteiger partial charge in [0.2, 0.25) is 5.91 Å². The Hall–Kier alpha value is -2.24. The first-order valence-electron chi connectivity index (χ1n) is 8.84. The van der Waals surface area contributed by atoms with E-state index in [1.807, 2.05) is 49.4 Å². The van der Waals surface area contributed by atoms with Gasteiger partial charge in [0, 0.05) is 37.7 Å². The largest absolute Gasteiger partial charge is 0.506 e. The van der Waals surface area contributed by atoms with E-state index in [1.165, 1.54) is 0 Å². The number of carbonyl (C=O) groups excluding carboxylic acids is 1. The second-order valence-corrected chi connectivity index (χ2v) is 6.90. The highest BCUT2D eigenvalue weighted by Gasteiger charge is 2.26. The Morgan fingerprint density at radius 2 is 1.77 bits per heavy atom. The van der Waals surface area contributed by atoms with Crippen LogP contribution in [0.15, 0.2) is 48.5 Å². The van der Waals surface area contributed by atoms with Gasteiger partial charge in [-0.2, -0.15) is 0 Å². The van der Waals surface area contributed by atoms with Crippen LogP contribution in [0.2, 0.25) is 5.02 Å². The molecule has 1 atom stereocenters. The number of rotatable bonds is 5. The van der Waals surface area contributed by atoms with E-state index in [9.17, 15) is 9.90 Å². The number of amides is 1. The Morgan fingerprint density at radius 1 is 1.12 bits per heavy atom. The quantitative estimate of drug-likeness (QED) is 0.846. The number of anilines is 1. The minimum atomic E-state index is -0.205. The van der Waals surface area contributed by atoms with Gasteiger partial charge in [-0.1, -0.05) is 41.9 Å². The molecule has 138 valence electrons. The molecule has 6 heteroatoms. The van der Waals surface area contributed by atoms with Crippen molar-refractivity contribution in [2.75, 3.05) is 31.1 Å². The number of halogens is 1. The summed E-state index contributed by atoms with van der Waals surface area (Å²) in [5, 5.41) is 13.6. The van der Waals surface area contributed by atoms with Crippen LogP contribution in [0.25, 0.3) is 0 Å². The number of hydrogen-bond donors (Lipinski definition) is 2. The zero-order valence-electron chi connectivity index (χ0n) is 14.9. The summed E-state index contributed by atoms with van der Waals surface area (Å²) >= 11 is 6.14. The van der Waals surface area contributed by atoms with Gasteiger partial charge >= 0.3 is 0 Å². The fourth-order valence-electron chi connectivity index (χ4n) is 3.22. The van der Waals surface area contributed by atoms with Crippen molar-refractivity contribution in [3.05, 3.63) is 59.1 Å². The first-order chi connectivity index (χ1) is 12.6. The summed E-state index contributed by atoms with van der Waals surface area (Å²) in [7, 11) is 0. The number of para-hydroxylation sites is 2. The third-order valence-corrected chi connectivity index (χ3v) is 5.24.